The zero-order chi connectivity index (χ0) is 58.4. The second-order valence-electron chi connectivity index (χ2n) is 23.4. The predicted molar refractivity (Wildman–Crippen MR) is 331 cm³/mol. The first kappa shape index (κ1) is 58.4. The van der Waals surface area contributed by atoms with Gasteiger partial charge in [0.15, 0.2) is 0 Å². The number of likely N-dealkylation sites (N-methyl/N-ethyl adjacent to an activating group) is 2. The molecule has 0 radical (unpaired) electrons. The van der Waals surface area contributed by atoms with Crippen molar-refractivity contribution < 1.29 is 28.8 Å². The molecule has 7 aromatic rings. The van der Waals surface area contributed by atoms with Gasteiger partial charge >= 0.3 is 0 Å². The normalized spacial score (nSPS) is 21.0. The van der Waals surface area contributed by atoms with E-state index in [2.05, 4.69) is 86.5 Å². The summed E-state index contributed by atoms with van der Waals surface area (Å²) >= 11 is 2.98. The lowest BCUT2D eigenvalue weighted by atomic mass is 9.83. The largest absolute Gasteiger partial charge is 0.347 e. The van der Waals surface area contributed by atoms with Gasteiger partial charge in [-0.1, -0.05) is 117 Å². The van der Waals surface area contributed by atoms with E-state index in [1.54, 1.807) is 52.2 Å². The van der Waals surface area contributed by atoms with Gasteiger partial charge in [-0.2, -0.15) is 0 Å². The molecule has 18 heteroatoms. The Balaban J connectivity index is 0.811. The number of carbonyl (C=O) groups excluding carboxylic acids is 6. The van der Waals surface area contributed by atoms with Crippen LogP contribution in [-0.4, -0.2) is 119 Å². The van der Waals surface area contributed by atoms with Crippen LogP contribution in [0.4, 0.5) is 0 Å². The summed E-state index contributed by atoms with van der Waals surface area (Å²) in [7, 11) is 3.45. The van der Waals surface area contributed by atoms with Crippen LogP contribution in [0.2, 0.25) is 0 Å². The van der Waals surface area contributed by atoms with Crippen molar-refractivity contribution in [3.05, 3.63) is 141 Å². The van der Waals surface area contributed by atoms with Gasteiger partial charge in [-0.3, -0.25) is 28.8 Å². The maximum absolute atomic E-state index is 15.1. The number of fused-ring (bicyclic) bond motifs is 2. The Morgan fingerprint density at radius 3 is 1.51 bits per heavy atom. The zero-order valence-corrected chi connectivity index (χ0v) is 49.9. The molecule has 2 aromatic heterocycles. The molecule has 5 aromatic carbocycles. The quantitative estimate of drug-likeness (QED) is 0.0480. The fourth-order valence-electron chi connectivity index (χ4n) is 13.0. The molecule has 84 heavy (non-hydrogen) atoms. The molecule has 11 rings (SSSR count). The number of hydrogen-bond donors (Lipinski definition) is 6. The third-order valence-electron chi connectivity index (χ3n) is 18.0. The number of hydrogen-bond acceptors (Lipinski definition) is 12. The number of thiazole rings is 2. The van der Waals surface area contributed by atoms with Gasteiger partial charge in [0, 0.05) is 58.2 Å². The summed E-state index contributed by atoms with van der Waals surface area (Å²) in [4.78, 5) is 99.8. The van der Waals surface area contributed by atoms with Crippen LogP contribution in [0.1, 0.15) is 134 Å². The van der Waals surface area contributed by atoms with E-state index in [0.717, 1.165) is 118 Å². The van der Waals surface area contributed by atoms with Crippen LogP contribution in [0.15, 0.2) is 120 Å². The van der Waals surface area contributed by atoms with Gasteiger partial charge in [-0.05, 0) is 130 Å². The van der Waals surface area contributed by atoms with E-state index < -0.39 is 48.3 Å². The van der Waals surface area contributed by atoms with Gasteiger partial charge in [0.25, 0.3) is 11.8 Å². The first-order valence-corrected chi connectivity index (χ1v) is 31.8. The molecule has 0 unspecified atom stereocenters. The molecule has 2 saturated carbocycles. The summed E-state index contributed by atoms with van der Waals surface area (Å²) in [6.45, 7) is 4.00. The maximum Gasteiger partial charge on any atom is 0.251 e. The Labute approximate surface area is 499 Å². The smallest absolute Gasteiger partial charge is 0.251 e. The van der Waals surface area contributed by atoms with E-state index in [9.17, 15) is 19.2 Å². The third-order valence-corrected chi connectivity index (χ3v) is 19.9. The van der Waals surface area contributed by atoms with Gasteiger partial charge in [0.2, 0.25) is 23.6 Å². The fraction of sp³-hybridized carbons (Fsp3) is 0.424. The van der Waals surface area contributed by atoms with Crippen molar-refractivity contribution in [3.63, 3.8) is 0 Å². The highest BCUT2D eigenvalue weighted by Gasteiger charge is 2.46. The standard InChI is InChI=1S/C66H76N10O6S2/c1-39(67-3)59(77)73-57(43-18-7-5-8-19-43)65(81)75-35-49(33-55(75)63-71-53(37-83-63)48-31-26-41-16-11-12-22-47(41)32-48)69-61(79)45-27-29-46(30-28-45)62(80)70-50-34-56(64-72-54(38-84-64)52-25-15-23-42-17-13-14-24-51(42)52)76(36-50)66(82)58(44-20-9-6-10-21-44)74-60(78)40(2)68-4/h11-17,22-32,37-40,43-44,49-50,55-58,67-68H,5-10,18-21,33-36H2,1-4H3,(H,69,79)(H,70,80)(H,73,77)(H,74,78)/t39-,40-,49-,50-,55-,56-,57-,58-/m0/s1. The van der Waals surface area contributed by atoms with Crippen LogP contribution in [0.25, 0.3) is 44.1 Å². The second kappa shape index (κ2) is 26.3. The van der Waals surface area contributed by atoms with E-state index in [-0.39, 0.29) is 60.4 Å². The Hall–Kier alpha value is -7.38. The number of carbonyl (C=O) groups is 6. The average molecular weight is 1170 g/mol. The molecule has 2 aliphatic carbocycles. The number of benzene rings is 5. The molecule has 4 heterocycles. The summed E-state index contributed by atoms with van der Waals surface area (Å²) in [6, 6.07) is 31.1. The van der Waals surface area contributed by atoms with E-state index >= 15 is 9.59 Å². The van der Waals surface area contributed by atoms with Crippen molar-refractivity contribution in [2.24, 2.45) is 11.8 Å². The summed E-state index contributed by atoms with van der Waals surface area (Å²) in [5, 5.41) is 28.7. The molecule has 438 valence electrons. The minimum Gasteiger partial charge on any atom is -0.347 e. The van der Waals surface area contributed by atoms with Crippen LogP contribution in [0, 0.1) is 11.8 Å². The Morgan fingerprint density at radius 1 is 0.524 bits per heavy atom. The van der Waals surface area contributed by atoms with Crippen LogP contribution in [0.3, 0.4) is 0 Å². The van der Waals surface area contributed by atoms with E-state index in [4.69, 9.17) is 9.97 Å². The average Bonchev–Trinajstić information content (AvgIpc) is 3.04. The highest BCUT2D eigenvalue weighted by Crippen LogP contribution is 2.41. The molecular formula is C66H76N10O6S2. The van der Waals surface area contributed by atoms with Gasteiger partial charge in [-0.25, -0.2) is 9.97 Å². The van der Waals surface area contributed by atoms with Crippen LogP contribution >= 0.6 is 22.7 Å². The molecule has 0 bridgehead atoms. The topological polar surface area (TPSA) is 207 Å². The van der Waals surface area contributed by atoms with E-state index in [0.29, 0.717) is 24.0 Å². The Kier molecular flexibility index (Phi) is 18.3. The van der Waals surface area contributed by atoms with Crippen molar-refractivity contribution in [1.29, 1.82) is 0 Å². The SMILES string of the molecule is CN[C@@H](C)C(=O)N[C@H](C(=O)N1C[C@@H](NC(=O)c2ccc(C(=O)N[C@H]3C[C@@H](c4nc(-c5cccc6ccccc56)cs4)N(C(=O)[C@@H](NC(=O)[C@H](C)NC)C4CCCCC4)C3)cc2)C[C@H]1c1nc(-c2ccc3ccccc3c2)cs1)C1CCCCC1. The third kappa shape index (κ3) is 12.8. The molecule has 6 amide bonds. The number of amides is 6. The monoisotopic (exact) mass is 1170 g/mol. The predicted octanol–water partition coefficient (Wildman–Crippen LogP) is 9.73. The molecule has 2 saturated heterocycles. The molecule has 16 nitrogen and oxygen atoms in total. The molecule has 4 fully saturated rings. The summed E-state index contributed by atoms with van der Waals surface area (Å²) in [5.74, 6) is -1.57. The number of aromatic nitrogens is 2. The lowest BCUT2D eigenvalue weighted by Gasteiger charge is -2.35. The minimum absolute atomic E-state index is 0.0251. The van der Waals surface area contributed by atoms with Crippen molar-refractivity contribution >= 4 is 79.7 Å². The first-order valence-electron chi connectivity index (χ1n) is 30.0. The summed E-state index contributed by atoms with van der Waals surface area (Å²) in [6.07, 6.45) is 10.3. The zero-order valence-electron chi connectivity index (χ0n) is 48.3. The van der Waals surface area contributed by atoms with Crippen molar-refractivity contribution in [3.8, 4) is 22.5 Å². The van der Waals surface area contributed by atoms with Crippen LogP contribution < -0.4 is 31.9 Å². The lowest BCUT2D eigenvalue weighted by molar-refractivity contribution is -0.139. The first-order chi connectivity index (χ1) is 40.8. The Morgan fingerprint density at radius 2 is 0.988 bits per heavy atom. The van der Waals surface area contributed by atoms with Crippen molar-refractivity contribution in [2.45, 2.75) is 139 Å². The van der Waals surface area contributed by atoms with Gasteiger partial charge in [0.1, 0.15) is 22.1 Å². The number of rotatable bonds is 18. The Bertz CT molecular complexity index is 3510. The second-order valence-corrected chi connectivity index (χ2v) is 25.2. The van der Waals surface area contributed by atoms with Gasteiger partial charge in [-0.15, -0.1) is 22.7 Å². The molecule has 2 aliphatic heterocycles. The molecule has 4 aliphatic rings. The van der Waals surface area contributed by atoms with E-state index in [1.807, 2.05) is 50.9 Å². The van der Waals surface area contributed by atoms with E-state index in [1.165, 1.54) is 22.7 Å². The van der Waals surface area contributed by atoms with Crippen molar-refractivity contribution in [2.75, 3.05) is 27.2 Å². The van der Waals surface area contributed by atoms with Gasteiger partial charge < -0.3 is 41.7 Å². The molecule has 0 spiro atoms. The number of likely N-dealkylation sites (tertiary alicyclic amines) is 2. The van der Waals surface area contributed by atoms with Crippen molar-refractivity contribution in [1.82, 2.24) is 51.7 Å². The maximum atomic E-state index is 15.1. The highest BCUT2D eigenvalue weighted by atomic mass is 32.1. The minimum atomic E-state index is -0.736. The lowest BCUT2D eigenvalue weighted by Crippen LogP contribution is -2.56. The number of nitrogens with one attached hydrogen (secondary N) is 6. The summed E-state index contributed by atoms with van der Waals surface area (Å²) in [5.41, 5.74) is 4.27. The van der Waals surface area contributed by atoms with Gasteiger partial charge in [0.05, 0.1) is 35.6 Å². The van der Waals surface area contributed by atoms with Crippen LogP contribution in [-0.2, 0) is 19.2 Å². The fourth-order valence-corrected chi connectivity index (χ4v) is 14.9. The van der Waals surface area contributed by atoms with Crippen LogP contribution in [0.5, 0.6) is 0 Å². The number of nitrogens with zero attached hydrogens (tertiary/aromatic N) is 4. The molecular weight excluding hydrogens is 1090 g/mol. The highest BCUT2D eigenvalue weighted by molar-refractivity contribution is 7.10. The summed E-state index contributed by atoms with van der Waals surface area (Å²) < 4.78 is 0. The molecule has 8 atom stereocenters. The molecule has 6 N–H and O–H groups in total.